The molecule has 2 amide bonds. The first-order chi connectivity index (χ1) is 22.2. The van der Waals surface area contributed by atoms with Gasteiger partial charge in [-0.1, -0.05) is 24.3 Å². The molecule has 234 valence electrons. The van der Waals surface area contributed by atoms with Crippen LogP contribution in [0.5, 0.6) is 0 Å². The van der Waals surface area contributed by atoms with Crippen LogP contribution in [0.1, 0.15) is 98.2 Å². The Morgan fingerprint density at radius 1 is 1.09 bits per heavy atom. The van der Waals surface area contributed by atoms with Gasteiger partial charge in [-0.25, -0.2) is 4.39 Å². The van der Waals surface area contributed by atoms with E-state index in [1.165, 1.54) is 48.1 Å². The van der Waals surface area contributed by atoms with E-state index < -0.39 is 11.7 Å². The van der Waals surface area contributed by atoms with Gasteiger partial charge in [0.15, 0.2) is 11.7 Å². The fourth-order valence-corrected chi connectivity index (χ4v) is 7.76. The molecule has 1 fully saturated rings. The largest absolute Gasteiger partial charge is 0.425 e. The topological polar surface area (TPSA) is 136 Å². The molecule has 2 atom stereocenters. The Bertz CT molecular complexity index is 1960. The molecule has 0 radical (unpaired) electrons. The van der Waals surface area contributed by atoms with Gasteiger partial charge in [-0.15, -0.1) is 11.3 Å². The Morgan fingerprint density at radius 3 is 2.65 bits per heavy atom. The highest BCUT2D eigenvalue weighted by atomic mass is 32.1. The number of hydrogen-bond donors (Lipinski definition) is 3. The predicted octanol–water partition coefficient (Wildman–Crippen LogP) is 6.67. The van der Waals surface area contributed by atoms with E-state index in [-0.39, 0.29) is 60.2 Å². The summed E-state index contributed by atoms with van der Waals surface area (Å²) in [5.41, 5.74) is 4.17. The molecule has 4 aromatic rings. The third-order valence-corrected chi connectivity index (χ3v) is 9.94. The highest BCUT2D eigenvalue weighted by Gasteiger charge is 2.45. The smallest absolute Gasteiger partial charge is 0.261 e. The van der Waals surface area contributed by atoms with Gasteiger partial charge >= 0.3 is 0 Å². The number of carbonyl (C=O) groups excluding carboxylic acids is 3. The minimum absolute atomic E-state index is 0. The van der Waals surface area contributed by atoms with Crippen LogP contribution in [-0.4, -0.2) is 45.8 Å². The third-order valence-electron chi connectivity index (χ3n) is 8.83. The van der Waals surface area contributed by atoms with E-state index in [1.807, 2.05) is 18.2 Å². The molecule has 9 nitrogen and oxygen atoms in total. The summed E-state index contributed by atoms with van der Waals surface area (Å²) in [6.45, 7) is 1.95. The van der Waals surface area contributed by atoms with Gasteiger partial charge in [0.05, 0.1) is 45.9 Å². The number of aromatic nitrogens is 1. The van der Waals surface area contributed by atoms with Gasteiger partial charge in [0, 0.05) is 30.9 Å². The normalized spacial score (nSPS) is 17.8. The molecule has 1 saturated heterocycles. The molecule has 2 aliphatic heterocycles. The summed E-state index contributed by atoms with van der Waals surface area (Å²) in [5.74, 6) is -1.97. The monoisotopic (exact) mass is 637 g/mol. The summed E-state index contributed by atoms with van der Waals surface area (Å²) in [5, 5.41) is 20.0. The number of nitrogens with zero attached hydrogens (tertiary/aromatic N) is 2. The molecule has 46 heavy (non-hydrogen) atoms. The number of carbonyl (C=O) groups is 3. The molecule has 7 rings (SSSR count). The maximum Gasteiger partial charge on any atom is 0.261 e. The molecule has 1 aliphatic carbocycles. The van der Waals surface area contributed by atoms with Crippen molar-refractivity contribution < 1.29 is 24.9 Å². The Balaban J connectivity index is 0.00000386. The van der Waals surface area contributed by atoms with Crippen molar-refractivity contribution in [1.29, 1.82) is 10.8 Å². The average Bonchev–Trinajstić information content (AvgIpc) is 3.83. The molecular weight excluding hydrogens is 605 g/mol. The van der Waals surface area contributed by atoms with Crippen LogP contribution in [0.2, 0.25) is 0 Å². The second-order valence-electron chi connectivity index (χ2n) is 11.7. The SMILES string of the molecule is CC(=N)OC(=N)c1c(CC(=O)c2ccc(F)cc2)nc2c(c1-c1ccc(C(=O)N[C@@H]3CCc4ccccc43)s1)C(=O)N1CCC[C@@H]21.[HH]. The number of aryl methyl sites for hydroxylation is 1. The average molecular weight is 638 g/mol. The van der Waals surface area contributed by atoms with E-state index in [1.54, 1.807) is 17.0 Å². The Kier molecular flexibility index (Phi) is 7.56. The number of nitrogens with one attached hydrogen (secondary N) is 3. The zero-order chi connectivity index (χ0) is 32.1. The van der Waals surface area contributed by atoms with Crippen LogP contribution < -0.4 is 5.32 Å². The highest BCUT2D eigenvalue weighted by molar-refractivity contribution is 7.17. The maximum atomic E-state index is 13.9. The number of thiophene rings is 1. The second-order valence-corrected chi connectivity index (χ2v) is 12.8. The molecule has 3 N–H and O–H groups in total. The van der Waals surface area contributed by atoms with Crippen molar-refractivity contribution in [2.75, 3.05) is 6.54 Å². The van der Waals surface area contributed by atoms with Crippen LogP contribution >= 0.6 is 11.3 Å². The van der Waals surface area contributed by atoms with Gasteiger partial charge < -0.3 is 15.0 Å². The Hall–Kier alpha value is -5.03. The fraction of sp³-hybridized carbons (Fsp3) is 0.257. The van der Waals surface area contributed by atoms with Gasteiger partial charge in [-0.2, -0.15) is 0 Å². The number of ketones is 1. The first-order valence-electron chi connectivity index (χ1n) is 15.2. The van der Waals surface area contributed by atoms with Crippen LogP contribution in [0, 0.1) is 16.6 Å². The number of fused-ring (bicyclic) bond motifs is 4. The predicted molar refractivity (Wildman–Crippen MR) is 173 cm³/mol. The van der Waals surface area contributed by atoms with E-state index in [0.717, 1.165) is 24.8 Å². The Labute approximate surface area is 269 Å². The molecule has 3 aliphatic rings. The second kappa shape index (κ2) is 11.7. The van der Waals surface area contributed by atoms with E-state index in [9.17, 15) is 18.8 Å². The molecule has 0 bridgehead atoms. The van der Waals surface area contributed by atoms with Crippen molar-refractivity contribution in [1.82, 2.24) is 15.2 Å². The highest BCUT2D eigenvalue weighted by Crippen LogP contribution is 2.47. The zero-order valence-electron chi connectivity index (χ0n) is 25.0. The van der Waals surface area contributed by atoms with E-state index in [2.05, 4.69) is 11.4 Å². The fourth-order valence-electron chi connectivity index (χ4n) is 6.79. The van der Waals surface area contributed by atoms with E-state index in [0.29, 0.717) is 39.5 Å². The number of amides is 2. The zero-order valence-corrected chi connectivity index (χ0v) is 25.8. The van der Waals surface area contributed by atoms with Crippen LogP contribution in [-0.2, 0) is 17.6 Å². The molecule has 0 spiro atoms. The lowest BCUT2D eigenvalue weighted by atomic mass is 9.92. The van der Waals surface area contributed by atoms with Crippen molar-refractivity contribution in [3.05, 3.63) is 111 Å². The van der Waals surface area contributed by atoms with E-state index in [4.69, 9.17) is 20.5 Å². The summed E-state index contributed by atoms with van der Waals surface area (Å²) < 4.78 is 19.1. The number of benzene rings is 2. The molecule has 4 heterocycles. The van der Waals surface area contributed by atoms with Crippen LogP contribution in [0.15, 0.2) is 60.7 Å². The summed E-state index contributed by atoms with van der Waals surface area (Å²) in [6, 6.07) is 16.3. The number of rotatable bonds is 7. The molecule has 2 aromatic carbocycles. The maximum absolute atomic E-state index is 13.9. The van der Waals surface area contributed by atoms with Crippen molar-refractivity contribution in [3.8, 4) is 10.4 Å². The summed E-state index contributed by atoms with van der Waals surface area (Å²) in [4.78, 5) is 48.5. The first kappa shape index (κ1) is 29.7. The van der Waals surface area contributed by atoms with Crippen molar-refractivity contribution >= 4 is 40.7 Å². The van der Waals surface area contributed by atoms with Crippen LogP contribution in [0.4, 0.5) is 4.39 Å². The van der Waals surface area contributed by atoms with Gasteiger partial charge in [-0.05, 0) is 73.2 Å². The summed E-state index contributed by atoms with van der Waals surface area (Å²) in [7, 11) is 0. The minimum atomic E-state index is -0.471. The number of halogens is 1. The standard InChI is InChI=1S/C35H30FN5O4S.H2/c1-18(37)45-33(38)29-24(17-26(42)20-8-11-21(36)12-9-20)39-32-25-7-4-16-41(25)35(44)31(32)30(29)27-14-15-28(46-27)34(43)40-23-13-10-19-5-2-3-6-22(19)23;/h2-3,5-6,8-9,11-12,14-15,23,25,37-38H,4,7,10,13,16-17H2,1H3,(H,40,43);1H/t23-,25+;/m1./s1. The lowest BCUT2D eigenvalue weighted by Crippen LogP contribution is -2.26. The number of pyridine rings is 1. The number of Topliss-reactive ketones (excluding diaryl/α,β-unsaturated/α-hetero) is 1. The summed E-state index contributed by atoms with van der Waals surface area (Å²) in [6.07, 6.45) is 2.98. The molecule has 0 saturated carbocycles. The molecule has 11 heteroatoms. The van der Waals surface area contributed by atoms with E-state index >= 15 is 0 Å². The van der Waals surface area contributed by atoms with Gasteiger partial charge in [0.2, 0.25) is 5.90 Å². The van der Waals surface area contributed by atoms with Gasteiger partial charge in [-0.3, -0.25) is 30.2 Å². The summed E-state index contributed by atoms with van der Waals surface area (Å²) >= 11 is 1.19. The third kappa shape index (κ3) is 5.20. The lowest BCUT2D eigenvalue weighted by molar-refractivity contribution is 0.0775. The lowest BCUT2D eigenvalue weighted by Gasteiger charge is -2.18. The van der Waals surface area contributed by atoms with Crippen molar-refractivity contribution in [2.24, 2.45) is 0 Å². The minimum Gasteiger partial charge on any atom is -0.425 e. The molecule has 2 aromatic heterocycles. The van der Waals surface area contributed by atoms with Crippen molar-refractivity contribution in [3.63, 3.8) is 0 Å². The number of hydrogen-bond acceptors (Lipinski definition) is 8. The Morgan fingerprint density at radius 2 is 1.87 bits per heavy atom. The quantitative estimate of drug-likeness (QED) is 0.118. The molecule has 0 unspecified atom stereocenters. The van der Waals surface area contributed by atoms with Gasteiger partial charge in [0.25, 0.3) is 11.8 Å². The van der Waals surface area contributed by atoms with Gasteiger partial charge in [0.1, 0.15) is 5.82 Å². The van der Waals surface area contributed by atoms with Crippen LogP contribution in [0.25, 0.3) is 10.4 Å². The van der Waals surface area contributed by atoms with Crippen molar-refractivity contribution in [2.45, 2.75) is 51.1 Å². The van der Waals surface area contributed by atoms with Crippen LogP contribution in [0.3, 0.4) is 0 Å². The number of ether oxygens (including phenoxy) is 1. The first-order valence-corrected chi connectivity index (χ1v) is 16.0. The molecular formula is C35H32FN5O4S.